The minimum Gasteiger partial charge on any atom is -0.324 e. The van der Waals surface area contributed by atoms with Gasteiger partial charge in [-0.1, -0.05) is 75.1 Å². The smallest absolute Gasteiger partial charge is 0.0332 e. The molecule has 0 aromatic heterocycles. The molecule has 2 N–H and O–H groups in total. The van der Waals surface area contributed by atoms with Crippen LogP contribution in [0.2, 0.25) is 0 Å². The second-order valence-corrected chi connectivity index (χ2v) is 6.21. The second-order valence-electron chi connectivity index (χ2n) is 6.21. The topological polar surface area (TPSA) is 26.0 Å². The van der Waals surface area contributed by atoms with E-state index in [2.05, 4.69) is 49.4 Å². The van der Waals surface area contributed by atoms with Gasteiger partial charge in [-0.25, -0.2) is 0 Å². The summed E-state index contributed by atoms with van der Waals surface area (Å²) in [5.41, 5.74) is 8.04. The molecular formula is C19H25N. The monoisotopic (exact) mass is 267 g/mol. The minimum absolute atomic E-state index is 0.186. The summed E-state index contributed by atoms with van der Waals surface area (Å²) >= 11 is 0. The van der Waals surface area contributed by atoms with E-state index in [1.807, 2.05) is 0 Å². The molecule has 3 atom stereocenters. The molecule has 1 nitrogen and oxygen atoms in total. The molecule has 2 aromatic carbocycles. The van der Waals surface area contributed by atoms with Crippen LogP contribution in [0.15, 0.2) is 42.5 Å². The highest BCUT2D eigenvalue weighted by Gasteiger charge is 2.30. The van der Waals surface area contributed by atoms with Crippen molar-refractivity contribution in [3.63, 3.8) is 0 Å². The largest absolute Gasteiger partial charge is 0.324 e. The number of fused-ring (bicyclic) bond motifs is 1. The molecule has 20 heavy (non-hydrogen) atoms. The van der Waals surface area contributed by atoms with Crippen molar-refractivity contribution in [2.75, 3.05) is 0 Å². The standard InChI is InChI=1S/C19H25N/c1-2-14-8-3-6-12-17(14)19(20)18-13-7-10-15-9-4-5-11-16(15)18/h4-5,7,9-11,13-14,17,19H,2-3,6,8,12,20H2,1H3. The van der Waals surface area contributed by atoms with Crippen molar-refractivity contribution in [3.05, 3.63) is 48.0 Å². The van der Waals surface area contributed by atoms with Gasteiger partial charge in [-0.3, -0.25) is 0 Å². The highest BCUT2D eigenvalue weighted by molar-refractivity contribution is 5.86. The first-order valence-corrected chi connectivity index (χ1v) is 8.04. The minimum atomic E-state index is 0.186. The first kappa shape index (κ1) is 13.6. The summed E-state index contributed by atoms with van der Waals surface area (Å²) in [7, 11) is 0. The van der Waals surface area contributed by atoms with Crippen molar-refractivity contribution in [3.8, 4) is 0 Å². The van der Waals surface area contributed by atoms with Gasteiger partial charge < -0.3 is 5.73 Å². The van der Waals surface area contributed by atoms with Gasteiger partial charge in [0.05, 0.1) is 0 Å². The van der Waals surface area contributed by atoms with Crippen LogP contribution in [-0.4, -0.2) is 0 Å². The normalized spacial score (nSPS) is 24.7. The third-order valence-electron chi connectivity index (χ3n) is 5.14. The molecule has 106 valence electrons. The number of benzene rings is 2. The highest BCUT2D eigenvalue weighted by atomic mass is 14.7. The third kappa shape index (κ3) is 2.47. The Labute approximate surface area is 122 Å². The van der Waals surface area contributed by atoms with Gasteiger partial charge in [-0.15, -0.1) is 0 Å². The van der Waals surface area contributed by atoms with E-state index < -0.39 is 0 Å². The van der Waals surface area contributed by atoms with Crippen molar-refractivity contribution < 1.29 is 0 Å². The summed E-state index contributed by atoms with van der Waals surface area (Å²) in [6.07, 6.45) is 6.66. The van der Waals surface area contributed by atoms with Gasteiger partial charge in [0.15, 0.2) is 0 Å². The Hall–Kier alpha value is -1.34. The Kier molecular flexibility index (Phi) is 4.07. The van der Waals surface area contributed by atoms with Crippen LogP contribution in [0.25, 0.3) is 10.8 Å². The summed E-state index contributed by atoms with van der Waals surface area (Å²) in [6.45, 7) is 2.32. The molecule has 2 aromatic rings. The fourth-order valence-corrected chi connectivity index (χ4v) is 3.99. The predicted molar refractivity (Wildman–Crippen MR) is 86.6 cm³/mol. The maximum Gasteiger partial charge on any atom is 0.0332 e. The molecule has 0 saturated heterocycles. The van der Waals surface area contributed by atoms with E-state index in [1.165, 1.54) is 48.4 Å². The summed E-state index contributed by atoms with van der Waals surface area (Å²) < 4.78 is 0. The molecule has 1 heteroatoms. The summed E-state index contributed by atoms with van der Waals surface area (Å²) in [5, 5.41) is 2.65. The Bertz CT molecular complexity index is 569. The predicted octanol–water partition coefficient (Wildman–Crippen LogP) is 5.06. The van der Waals surface area contributed by atoms with E-state index in [0.29, 0.717) is 5.92 Å². The van der Waals surface area contributed by atoms with Crippen molar-refractivity contribution in [2.24, 2.45) is 17.6 Å². The summed E-state index contributed by atoms with van der Waals surface area (Å²) in [6, 6.07) is 15.4. The van der Waals surface area contributed by atoms with Crippen LogP contribution in [0.3, 0.4) is 0 Å². The average Bonchev–Trinajstić information content (AvgIpc) is 2.53. The Morgan fingerprint density at radius 3 is 2.65 bits per heavy atom. The van der Waals surface area contributed by atoms with Crippen LogP contribution >= 0.6 is 0 Å². The zero-order valence-electron chi connectivity index (χ0n) is 12.4. The Morgan fingerprint density at radius 2 is 1.80 bits per heavy atom. The number of rotatable bonds is 3. The van der Waals surface area contributed by atoms with Crippen LogP contribution < -0.4 is 5.73 Å². The fraction of sp³-hybridized carbons (Fsp3) is 0.474. The van der Waals surface area contributed by atoms with Gasteiger partial charge >= 0.3 is 0 Å². The molecular weight excluding hydrogens is 242 g/mol. The van der Waals surface area contributed by atoms with Crippen LogP contribution in [0, 0.1) is 11.8 Å². The van der Waals surface area contributed by atoms with Crippen LogP contribution in [0.1, 0.15) is 50.6 Å². The molecule has 1 saturated carbocycles. The summed E-state index contributed by atoms with van der Waals surface area (Å²) in [5.74, 6) is 1.46. The molecule has 0 amide bonds. The fourth-order valence-electron chi connectivity index (χ4n) is 3.99. The first-order chi connectivity index (χ1) is 9.81. The lowest BCUT2D eigenvalue weighted by atomic mass is 9.72. The zero-order chi connectivity index (χ0) is 13.9. The quantitative estimate of drug-likeness (QED) is 0.826. The lowest BCUT2D eigenvalue weighted by Gasteiger charge is -2.35. The molecule has 3 unspecified atom stereocenters. The molecule has 0 radical (unpaired) electrons. The van der Waals surface area contributed by atoms with E-state index in [1.54, 1.807) is 0 Å². The van der Waals surface area contributed by atoms with E-state index in [0.717, 1.165) is 5.92 Å². The average molecular weight is 267 g/mol. The van der Waals surface area contributed by atoms with Gasteiger partial charge in [0.1, 0.15) is 0 Å². The van der Waals surface area contributed by atoms with E-state index in [4.69, 9.17) is 5.73 Å². The molecule has 0 bridgehead atoms. The molecule has 3 rings (SSSR count). The Morgan fingerprint density at radius 1 is 1.05 bits per heavy atom. The number of hydrogen-bond donors (Lipinski definition) is 1. The SMILES string of the molecule is CCC1CCCCC1C(N)c1cccc2ccccc12. The van der Waals surface area contributed by atoms with E-state index in [-0.39, 0.29) is 6.04 Å². The van der Waals surface area contributed by atoms with Gasteiger partial charge in [0.2, 0.25) is 0 Å². The second kappa shape index (κ2) is 5.97. The van der Waals surface area contributed by atoms with E-state index >= 15 is 0 Å². The number of nitrogens with two attached hydrogens (primary N) is 1. The maximum atomic E-state index is 6.70. The van der Waals surface area contributed by atoms with Crippen LogP contribution in [-0.2, 0) is 0 Å². The van der Waals surface area contributed by atoms with Crippen LogP contribution in [0.5, 0.6) is 0 Å². The van der Waals surface area contributed by atoms with Crippen LogP contribution in [0.4, 0.5) is 0 Å². The molecule has 1 aliphatic rings. The van der Waals surface area contributed by atoms with Crippen molar-refractivity contribution in [1.29, 1.82) is 0 Å². The number of hydrogen-bond acceptors (Lipinski definition) is 1. The maximum absolute atomic E-state index is 6.70. The molecule has 1 aliphatic carbocycles. The summed E-state index contributed by atoms with van der Waals surface area (Å²) in [4.78, 5) is 0. The van der Waals surface area contributed by atoms with Gasteiger partial charge in [-0.05, 0) is 34.6 Å². The third-order valence-corrected chi connectivity index (χ3v) is 5.14. The first-order valence-electron chi connectivity index (χ1n) is 8.04. The van der Waals surface area contributed by atoms with Crippen molar-refractivity contribution in [2.45, 2.75) is 45.1 Å². The molecule has 0 spiro atoms. The van der Waals surface area contributed by atoms with Gasteiger partial charge in [0.25, 0.3) is 0 Å². The zero-order valence-corrected chi connectivity index (χ0v) is 12.4. The van der Waals surface area contributed by atoms with Gasteiger partial charge in [-0.2, -0.15) is 0 Å². The molecule has 0 aliphatic heterocycles. The lowest BCUT2D eigenvalue weighted by molar-refractivity contribution is 0.197. The van der Waals surface area contributed by atoms with Crippen molar-refractivity contribution >= 4 is 10.8 Å². The molecule has 1 fully saturated rings. The Balaban J connectivity index is 1.97. The van der Waals surface area contributed by atoms with Crippen molar-refractivity contribution in [1.82, 2.24) is 0 Å². The highest BCUT2D eigenvalue weighted by Crippen LogP contribution is 2.40. The van der Waals surface area contributed by atoms with E-state index in [9.17, 15) is 0 Å². The lowest BCUT2D eigenvalue weighted by Crippen LogP contribution is -2.30. The van der Waals surface area contributed by atoms with Gasteiger partial charge in [0, 0.05) is 6.04 Å². The molecule has 0 heterocycles.